The zero-order chi connectivity index (χ0) is 13.8. The van der Waals surface area contributed by atoms with Crippen LogP contribution in [0.15, 0.2) is 30.3 Å². The average molecular weight is 278 g/mol. The fourth-order valence-corrected chi connectivity index (χ4v) is 3.34. The molecule has 1 unspecified atom stereocenters. The molecule has 0 radical (unpaired) electrons. The molecule has 0 aromatic heterocycles. The minimum Gasteiger partial charge on any atom is -0.340 e. The van der Waals surface area contributed by atoms with Gasteiger partial charge in [-0.15, -0.1) is 0 Å². The molecule has 1 heterocycles. The second kappa shape index (κ2) is 6.44. The Labute approximate surface area is 119 Å². The minimum absolute atomic E-state index is 0.0489. The third-order valence-electron chi connectivity index (χ3n) is 3.74. The summed E-state index contributed by atoms with van der Waals surface area (Å²) in [6.45, 7) is 3.43. The van der Waals surface area contributed by atoms with Crippen LogP contribution >= 0.6 is 11.8 Å². The molecule has 4 heteroatoms. The molecule has 1 aromatic carbocycles. The molecule has 3 atom stereocenters. The van der Waals surface area contributed by atoms with E-state index in [2.05, 4.69) is 12.1 Å². The van der Waals surface area contributed by atoms with Crippen molar-refractivity contribution in [3.63, 3.8) is 0 Å². The number of carbonyl (C=O) groups is 1. The number of amides is 1. The second-order valence-corrected chi connectivity index (χ2v) is 6.19. The number of likely N-dealkylation sites (tertiary alicyclic amines) is 1. The van der Waals surface area contributed by atoms with E-state index < -0.39 is 0 Å². The molecule has 0 bridgehead atoms. The molecule has 3 nitrogen and oxygen atoms in total. The summed E-state index contributed by atoms with van der Waals surface area (Å²) >= 11 is 1.72. The summed E-state index contributed by atoms with van der Waals surface area (Å²) in [6.07, 6.45) is 2.03. The highest BCUT2D eigenvalue weighted by atomic mass is 32.2. The number of benzene rings is 1. The highest BCUT2D eigenvalue weighted by Crippen LogP contribution is 2.27. The number of rotatable bonds is 4. The summed E-state index contributed by atoms with van der Waals surface area (Å²) in [5, 5.41) is 0. The maximum Gasteiger partial charge on any atom is 0.226 e. The summed E-state index contributed by atoms with van der Waals surface area (Å²) in [5.41, 5.74) is 7.45. The van der Waals surface area contributed by atoms with Crippen LogP contribution in [0, 0.1) is 5.92 Å². The van der Waals surface area contributed by atoms with Crippen molar-refractivity contribution in [1.82, 2.24) is 4.90 Å². The van der Waals surface area contributed by atoms with Crippen LogP contribution in [-0.4, -0.2) is 41.9 Å². The molecule has 1 saturated heterocycles. The van der Waals surface area contributed by atoms with Gasteiger partial charge in [0.05, 0.1) is 0 Å². The molecule has 1 aliphatic heterocycles. The van der Waals surface area contributed by atoms with E-state index in [-0.39, 0.29) is 23.8 Å². The topological polar surface area (TPSA) is 46.3 Å². The Kier molecular flexibility index (Phi) is 4.88. The van der Waals surface area contributed by atoms with Gasteiger partial charge in [-0.2, -0.15) is 11.8 Å². The quantitative estimate of drug-likeness (QED) is 0.915. The van der Waals surface area contributed by atoms with Crippen molar-refractivity contribution >= 4 is 17.7 Å². The van der Waals surface area contributed by atoms with Crippen LogP contribution in [0.5, 0.6) is 0 Å². The number of nitrogens with two attached hydrogens (primary N) is 1. The first-order chi connectivity index (χ1) is 9.13. The van der Waals surface area contributed by atoms with Crippen molar-refractivity contribution in [2.24, 2.45) is 11.7 Å². The fraction of sp³-hybridized carbons (Fsp3) is 0.533. The van der Waals surface area contributed by atoms with E-state index in [9.17, 15) is 4.79 Å². The lowest BCUT2D eigenvalue weighted by molar-refractivity contribution is -0.133. The van der Waals surface area contributed by atoms with Gasteiger partial charge in [0.25, 0.3) is 0 Å². The molecule has 1 aliphatic rings. The van der Waals surface area contributed by atoms with Gasteiger partial charge in [-0.3, -0.25) is 4.79 Å². The molecule has 2 N–H and O–H groups in total. The first-order valence-corrected chi connectivity index (χ1v) is 8.11. The lowest BCUT2D eigenvalue weighted by atomic mass is 9.95. The van der Waals surface area contributed by atoms with Crippen molar-refractivity contribution in [3.8, 4) is 0 Å². The maximum atomic E-state index is 12.3. The summed E-state index contributed by atoms with van der Waals surface area (Å²) in [6, 6.07) is 10.3. The van der Waals surface area contributed by atoms with Gasteiger partial charge in [0, 0.05) is 36.7 Å². The van der Waals surface area contributed by atoms with Crippen LogP contribution in [0.3, 0.4) is 0 Å². The predicted molar refractivity (Wildman–Crippen MR) is 81.3 cm³/mol. The zero-order valence-electron chi connectivity index (χ0n) is 11.6. The highest BCUT2D eigenvalue weighted by molar-refractivity contribution is 7.98. The van der Waals surface area contributed by atoms with Crippen molar-refractivity contribution < 1.29 is 4.79 Å². The van der Waals surface area contributed by atoms with Gasteiger partial charge < -0.3 is 10.6 Å². The molecule has 1 aromatic rings. The van der Waals surface area contributed by atoms with Crippen molar-refractivity contribution in [2.45, 2.75) is 18.9 Å². The van der Waals surface area contributed by atoms with Crippen molar-refractivity contribution in [1.29, 1.82) is 0 Å². The third kappa shape index (κ3) is 3.31. The highest BCUT2D eigenvalue weighted by Gasteiger charge is 2.35. The van der Waals surface area contributed by atoms with Gasteiger partial charge in [-0.1, -0.05) is 37.3 Å². The molecule has 19 heavy (non-hydrogen) atoms. The Bertz CT molecular complexity index is 423. The standard InChI is InChI=1S/C15H22N2OS/c1-11(10-19-2)15(18)17-8-13(14(16)9-17)12-6-4-3-5-7-12/h3-7,11,13-14H,8-10,16H2,1-2H3/t11?,13-,14+/m0/s1. The molecule has 104 valence electrons. The molecule has 0 spiro atoms. The lowest BCUT2D eigenvalue weighted by Gasteiger charge is -2.20. The van der Waals surface area contributed by atoms with Gasteiger partial charge in [0.2, 0.25) is 5.91 Å². The Morgan fingerprint density at radius 2 is 2.11 bits per heavy atom. The molecular formula is C15H22N2OS. The molecule has 2 rings (SSSR count). The van der Waals surface area contributed by atoms with Gasteiger partial charge in [0.15, 0.2) is 0 Å². The first kappa shape index (κ1) is 14.4. The first-order valence-electron chi connectivity index (χ1n) is 6.71. The SMILES string of the molecule is CSCC(C)C(=O)N1C[C@@H](N)[C@H](c2ccccc2)C1. The van der Waals surface area contributed by atoms with Crippen LogP contribution in [-0.2, 0) is 4.79 Å². The maximum absolute atomic E-state index is 12.3. The van der Waals surface area contributed by atoms with E-state index in [0.717, 1.165) is 12.3 Å². The predicted octanol–water partition coefficient (Wildman–Crippen LogP) is 1.94. The smallest absolute Gasteiger partial charge is 0.226 e. The van der Waals surface area contributed by atoms with E-state index in [1.54, 1.807) is 11.8 Å². The second-order valence-electron chi connectivity index (χ2n) is 5.28. The molecule has 0 aliphatic carbocycles. The summed E-state index contributed by atoms with van der Waals surface area (Å²) < 4.78 is 0. The van der Waals surface area contributed by atoms with Crippen LogP contribution < -0.4 is 5.73 Å². The Balaban J connectivity index is 2.03. The normalized spacial score (nSPS) is 24.5. The Morgan fingerprint density at radius 1 is 1.42 bits per heavy atom. The van der Waals surface area contributed by atoms with E-state index in [1.807, 2.05) is 36.3 Å². The lowest BCUT2D eigenvalue weighted by Crippen LogP contribution is -2.36. The molecule has 0 saturated carbocycles. The van der Waals surface area contributed by atoms with Gasteiger partial charge in [-0.05, 0) is 11.8 Å². The zero-order valence-corrected chi connectivity index (χ0v) is 12.4. The van der Waals surface area contributed by atoms with E-state index in [4.69, 9.17) is 5.73 Å². The molecular weight excluding hydrogens is 256 g/mol. The number of hydrogen-bond acceptors (Lipinski definition) is 3. The van der Waals surface area contributed by atoms with Gasteiger partial charge in [-0.25, -0.2) is 0 Å². The van der Waals surface area contributed by atoms with Crippen molar-refractivity contribution in [2.75, 3.05) is 25.1 Å². The Morgan fingerprint density at radius 3 is 2.74 bits per heavy atom. The average Bonchev–Trinajstić information content (AvgIpc) is 2.81. The van der Waals surface area contributed by atoms with Gasteiger partial charge >= 0.3 is 0 Å². The number of hydrogen-bond donors (Lipinski definition) is 1. The fourth-order valence-electron chi connectivity index (χ4n) is 2.69. The van der Waals surface area contributed by atoms with Crippen LogP contribution in [0.4, 0.5) is 0 Å². The third-order valence-corrected chi connectivity index (χ3v) is 4.58. The number of carbonyl (C=O) groups excluding carboxylic acids is 1. The Hall–Kier alpha value is -1.00. The van der Waals surface area contributed by atoms with E-state index in [1.165, 1.54) is 5.56 Å². The van der Waals surface area contributed by atoms with Gasteiger partial charge in [0.1, 0.15) is 0 Å². The van der Waals surface area contributed by atoms with E-state index >= 15 is 0 Å². The monoisotopic (exact) mass is 278 g/mol. The summed E-state index contributed by atoms with van der Waals surface area (Å²) in [4.78, 5) is 14.2. The van der Waals surface area contributed by atoms with Crippen LogP contribution in [0.25, 0.3) is 0 Å². The summed E-state index contributed by atoms with van der Waals surface area (Å²) in [5.74, 6) is 1.47. The number of nitrogens with zero attached hydrogens (tertiary/aromatic N) is 1. The molecule has 1 amide bonds. The number of thioether (sulfide) groups is 1. The van der Waals surface area contributed by atoms with Crippen LogP contribution in [0.1, 0.15) is 18.4 Å². The van der Waals surface area contributed by atoms with Crippen molar-refractivity contribution in [3.05, 3.63) is 35.9 Å². The van der Waals surface area contributed by atoms with Crippen LogP contribution in [0.2, 0.25) is 0 Å². The summed E-state index contributed by atoms with van der Waals surface area (Å²) in [7, 11) is 0. The van der Waals surface area contributed by atoms with E-state index in [0.29, 0.717) is 6.54 Å². The largest absolute Gasteiger partial charge is 0.340 e. The minimum atomic E-state index is 0.0489. The molecule has 1 fully saturated rings.